The molecule has 0 radical (unpaired) electrons. The molecule has 2 heteroatoms. The van der Waals surface area contributed by atoms with E-state index in [4.69, 9.17) is 10.5 Å². The maximum absolute atomic E-state index is 6.01. The van der Waals surface area contributed by atoms with Crippen molar-refractivity contribution in [3.05, 3.63) is 0 Å². The minimum Gasteiger partial charge on any atom is -0.379 e. The zero-order valence-corrected chi connectivity index (χ0v) is 9.76. The lowest BCUT2D eigenvalue weighted by Gasteiger charge is -2.27. The van der Waals surface area contributed by atoms with Gasteiger partial charge in [-0.3, -0.25) is 0 Å². The van der Waals surface area contributed by atoms with Gasteiger partial charge in [-0.05, 0) is 32.1 Å². The predicted molar refractivity (Wildman–Crippen MR) is 57.8 cm³/mol. The molecule has 0 aromatic carbocycles. The molecule has 2 nitrogen and oxygen atoms in total. The van der Waals surface area contributed by atoms with Crippen molar-refractivity contribution in [1.29, 1.82) is 0 Å². The minimum atomic E-state index is 0.220. The van der Waals surface area contributed by atoms with E-state index < -0.39 is 0 Å². The summed E-state index contributed by atoms with van der Waals surface area (Å²) in [5.74, 6) is 0. The third-order valence-electron chi connectivity index (χ3n) is 2.22. The number of hydrogen-bond donors (Lipinski definition) is 1. The first-order valence-corrected chi connectivity index (χ1v) is 5.21. The van der Waals surface area contributed by atoms with Crippen molar-refractivity contribution in [2.75, 3.05) is 6.61 Å². The fourth-order valence-electron chi connectivity index (χ4n) is 1.06. The Bertz CT molecular complexity index is 127. The molecule has 80 valence electrons. The molecule has 13 heavy (non-hydrogen) atoms. The van der Waals surface area contributed by atoms with Crippen LogP contribution in [0.1, 0.15) is 47.5 Å². The molecule has 0 aliphatic heterocycles. The Kier molecular flexibility index (Phi) is 5.57. The average molecular weight is 187 g/mol. The molecule has 0 amide bonds. The molecule has 0 aliphatic rings. The van der Waals surface area contributed by atoms with Crippen molar-refractivity contribution in [3.63, 3.8) is 0 Å². The lowest BCUT2D eigenvalue weighted by Crippen LogP contribution is -2.35. The standard InChI is InChI=1S/C11H25NO/c1-9(2)13-8-6-7-10(12)11(3,4)5/h9-10H,6-8,12H2,1-5H3. The molecule has 0 bridgehead atoms. The Morgan fingerprint density at radius 3 is 2.15 bits per heavy atom. The Morgan fingerprint density at radius 1 is 1.23 bits per heavy atom. The summed E-state index contributed by atoms with van der Waals surface area (Å²) in [5, 5.41) is 0. The van der Waals surface area contributed by atoms with Crippen LogP contribution in [0.3, 0.4) is 0 Å². The fourth-order valence-corrected chi connectivity index (χ4v) is 1.06. The number of nitrogens with two attached hydrogens (primary N) is 1. The van der Waals surface area contributed by atoms with E-state index in [1.54, 1.807) is 0 Å². The maximum Gasteiger partial charge on any atom is 0.0518 e. The molecule has 1 atom stereocenters. The molecule has 0 saturated heterocycles. The average Bonchev–Trinajstić information content (AvgIpc) is 1.95. The molecule has 0 aliphatic carbocycles. The first-order valence-electron chi connectivity index (χ1n) is 5.21. The van der Waals surface area contributed by atoms with Crippen molar-refractivity contribution in [2.24, 2.45) is 11.1 Å². The van der Waals surface area contributed by atoms with Crippen molar-refractivity contribution in [1.82, 2.24) is 0 Å². The molecular formula is C11H25NO. The van der Waals surface area contributed by atoms with E-state index in [1.807, 2.05) is 0 Å². The van der Waals surface area contributed by atoms with Gasteiger partial charge in [0, 0.05) is 12.6 Å². The highest BCUT2D eigenvalue weighted by molar-refractivity contribution is 4.76. The van der Waals surface area contributed by atoms with Gasteiger partial charge in [0.2, 0.25) is 0 Å². The van der Waals surface area contributed by atoms with Crippen molar-refractivity contribution < 1.29 is 4.74 Å². The van der Waals surface area contributed by atoms with Crippen molar-refractivity contribution in [3.8, 4) is 0 Å². The molecule has 0 fully saturated rings. The molecular weight excluding hydrogens is 162 g/mol. The van der Waals surface area contributed by atoms with E-state index >= 15 is 0 Å². The van der Waals surface area contributed by atoms with Crippen molar-refractivity contribution in [2.45, 2.75) is 59.6 Å². The number of rotatable bonds is 5. The third kappa shape index (κ3) is 7.03. The van der Waals surface area contributed by atoms with Gasteiger partial charge in [0.25, 0.3) is 0 Å². The quantitative estimate of drug-likeness (QED) is 0.671. The molecule has 0 rings (SSSR count). The zero-order valence-electron chi connectivity index (χ0n) is 9.76. The predicted octanol–water partition coefficient (Wildman–Crippen LogP) is 2.57. The van der Waals surface area contributed by atoms with Gasteiger partial charge in [-0.15, -0.1) is 0 Å². The van der Waals surface area contributed by atoms with Gasteiger partial charge >= 0.3 is 0 Å². The summed E-state index contributed by atoms with van der Waals surface area (Å²) >= 11 is 0. The first kappa shape index (κ1) is 12.9. The monoisotopic (exact) mass is 187 g/mol. The van der Waals surface area contributed by atoms with Crippen LogP contribution in [0.4, 0.5) is 0 Å². The van der Waals surface area contributed by atoms with Gasteiger partial charge in [0.1, 0.15) is 0 Å². The van der Waals surface area contributed by atoms with E-state index in [2.05, 4.69) is 34.6 Å². The van der Waals surface area contributed by atoms with Crippen LogP contribution in [0.25, 0.3) is 0 Å². The highest BCUT2D eigenvalue weighted by Gasteiger charge is 2.19. The highest BCUT2D eigenvalue weighted by atomic mass is 16.5. The maximum atomic E-state index is 6.01. The van der Waals surface area contributed by atoms with E-state index in [-0.39, 0.29) is 11.5 Å². The van der Waals surface area contributed by atoms with E-state index in [1.165, 1.54) is 0 Å². The first-order chi connectivity index (χ1) is 5.84. The van der Waals surface area contributed by atoms with Crippen LogP contribution in [0.5, 0.6) is 0 Å². The van der Waals surface area contributed by atoms with Crippen LogP contribution in [0, 0.1) is 5.41 Å². The van der Waals surface area contributed by atoms with Gasteiger partial charge in [-0.25, -0.2) is 0 Å². The van der Waals surface area contributed by atoms with Gasteiger partial charge < -0.3 is 10.5 Å². The van der Waals surface area contributed by atoms with E-state index in [0.29, 0.717) is 6.10 Å². The summed E-state index contributed by atoms with van der Waals surface area (Å²) in [6.07, 6.45) is 2.46. The summed E-state index contributed by atoms with van der Waals surface area (Å²) in [6.45, 7) is 11.5. The van der Waals surface area contributed by atoms with Crippen LogP contribution in [0.2, 0.25) is 0 Å². The molecule has 0 saturated carbocycles. The second-order valence-electron chi connectivity index (χ2n) is 5.03. The third-order valence-corrected chi connectivity index (χ3v) is 2.22. The SMILES string of the molecule is CC(C)OCCCC(N)C(C)(C)C. The molecule has 0 spiro atoms. The van der Waals surface area contributed by atoms with Gasteiger partial charge in [-0.2, -0.15) is 0 Å². The van der Waals surface area contributed by atoms with Crippen LogP contribution < -0.4 is 5.73 Å². The largest absolute Gasteiger partial charge is 0.379 e. The van der Waals surface area contributed by atoms with E-state index in [9.17, 15) is 0 Å². The molecule has 1 unspecified atom stereocenters. The van der Waals surface area contributed by atoms with Crippen LogP contribution >= 0.6 is 0 Å². The van der Waals surface area contributed by atoms with Gasteiger partial charge in [0.15, 0.2) is 0 Å². The molecule has 0 aromatic rings. The second-order valence-corrected chi connectivity index (χ2v) is 5.03. The number of hydrogen-bond acceptors (Lipinski definition) is 2. The lowest BCUT2D eigenvalue weighted by molar-refractivity contribution is 0.0730. The Labute approximate surface area is 82.8 Å². The van der Waals surface area contributed by atoms with E-state index in [0.717, 1.165) is 19.4 Å². The summed E-state index contributed by atoms with van der Waals surface area (Å²) in [6, 6.07) is 0.281. The van der Waals surface area contributed by atoms with Crippen LogP contribution in [-0.4, -0.2) is 18.8 Å². The number of ether oxygens (including phenoxy) is 1. The van der Waals surface area contributed by atoms with Gasteiger partial charge in [-0.1, -0.05) is 20.8 Å². The van der Waals surface area contributed by atoms with Crippen molar-refractivity contribution >= 4 is 0 Å². The normalized spacial score (nSPS) is 15.0. The molecule has 2 N–H and O–H groups in total. The highest BCUT2D eigenvalue weighted by Crippen LogP contribution is 2.20. The lowest BCUT2D eigenvalue weighted by atomic mass is 9.85. The molecule has 0 heterocycles. The van der Waals surface area contributed by atoms with Gasteiger partial charge in [0.05, 0.1) is 6.10 Å². The smallest absolute Gasteiger partial charge is 0.0518 e. The zero-order chi connectivity index (χ0) is 10.5. The summed E-state index contributed by atoms with van der Waals surface area (Å²) in [5.41, 5.74) is 6.23. The second kappa shape index (κ2) is 5.61. The Hall–Kier alpha value is -0.0800. The summed E-state index contributed by atoms with van der Waals surface area (Å²) in [4.78, 5) is 0. The van der Waals surface area contributed by atoms with Crippen LogP contribution in [-0.2, 0) is 4.74 Å². The molecule has 0 aromatic heterocycles. The Morgan fingerprint density at radius 2 is 1.77 bits per heavy atom. The minimum absolute atomic E-state index is 0.220. The topological polar surface area (TPSA) is 35.2 Å². The summed E-state index contributed by atoms with van der Waals surface area (Å²) in [7, 11) is 0. The summed E-state index contributed by atoms with van der Waals surface area (Å²) < 4.78 is 5.45. The Balaban J connectivity index is 3.43. The fraction of sp³-hybridized carbons (Fsp3) is 1.00. The van der Waals surface area contributed by atoms with Crippen LogP contribution in [0.15, 0.2) is 0 Å².